The van der Waals surface area contributed by atoms with E-state index >= 15 is 0 Å². The second kappa shape index (κ2) is 7.25. The second-order valence-corrected chi connectivity index (χ2v) is 5.53. The van der Waals surface area contributed by atoms with E-state index in [4.69, 9.17) is 0 Å². The van der Waals surface area contributed by atoms with Crippen LogP contribution in [0.1, 0.15) is 43.9 Å². The average molecular weight is 272 g/mol. The Kier molecular flexibility index (Phi) is 5.37. The Morgan fingerprint density at radius 3 is 3.00 bits per heavy atom. The Bertz CT molecular complexity index is 472. The molecule has 0 spiro atoms. The summed E-state index contributed by atoms with van der Waals surface area (Å²) in [7, 11) is 0. The normalized spacial score (nSPS) is 17.9. The summed E-state index contributed by atoms with van der Waals surface area (Å²) in [6.07, 6.45) is 4.75. The minimum absolute atomic E-state index is 0.528. The Labute approximate surface area is 121 Å². The Morgan fingerprint density at radius 1 is 1.50 bits per heavy atom. The molecule has 1 unspecified atom stereocenters. The predicted octanol–water partition coefficient (Wildman–Crippen LogP) is 2.62. The second-order valence-electron chi connectivity index (χ2n) is 5.53. The third-order valence-corrected chi connectivity index (χ3v) is 3.82. The molecule has 1 aromatic rings. The minimum atomic E-state index is 0.528. The number of nitrogens with zero attached hydrogens (tertiary/aromatic N) is 3. The van der Waals surface area contributed by atoms with Crippen LogP contribution in [0.3, 0.4) is 0 Å². The average Bonchev–Trinajstić information content (AvgIpc) is 2.96. The summed E-state index contributed by atoms with van der Waals surface area (Å²) >= 11 is 0. The lowest BCUT2D eigenvalue weighted by Crippen LogP contribution is -2.39. The largest absolute Gasteiger partial charge is 0.354 e. The Balaban J connectivity index is 2.20. The summed E-state index contributed by atoms with van der Waals surface area (Å²) < 4.78 is 0. The molecule has 4 heteroatoms. The molecule has 1 fully saturated rings. The summed E-state index contributed by atoms with van der Waals surface area (Å²) in [5.41, 5.74) is 1.66. The number of aryl methyl sites for hydroxylation is 1. The van der Waals surface area contributed by atoms with Crippen LogP contribution in [-0.4, -0.2) is 30.7 Å². The molecular formula is C16H24N4. The molecule has 1 saturated heterocycles. The van der Waals surface area contributed by atoms with E-state index in [-0.39, 0.29) is 0 Å². The van der Waals surface area contributed by atoms with Crippen LogP contribution in [0.15, 0.2) is 12.1 Å². The molecular weight excluding hydrogens is 248 g/mol. The van der Waals surface area contributed by atoms with Crippen molar-refractivity contribution in [3.63, 3.8) is 0 Å². The molecule has 4 nitrogen and oxygen atoms in total. The lowest BCUT2D eigenvalue weighted by atomic mass is 10.1. The van der Waals surface area contributed by atoms with Gasteiger partial charge in [-0.05, 0) is 44.9 Å². The third-order valence-electron chi connectivity index (χ3n) is 3.82. The lowest BCUT2D eigenvalue weighted by Gasteiger charge is -2.27. The van der Waals surface area contributed by atoms with Gasteiger partial charge in [0.05, 0.1) is 5.56 Å². The van der Waals surface area contributed by atoms with Gasteiger partial charge in [0, 0.05) is 24.8 Å². The zero-order valence-corrected chi connectivity index (χ0v) is 12.5. The molecule has 2 heterocycles. The van der Waals surface area contributed by atoms with Gasteiger partial charge in [-0.15, -0.1) is 0 Å². The summed E-state index contributed by atoms with van der Waals surface area (Å²) in [6.45, 7) is 7.21. The maximum atomic E-state index is 9.31. The lowest BCUT2D eigenvalue weighted by molar-refractivity contribution is 0.568. The maximum absolute atomic E-state index is 9.31. The van der Waals surface area contributed by atoms with E-state index in [0.29, 0.717) is 11.6 Å². The van der Waals surface area contributed by atoms with Crippen molar-refractivity contribution in [1.29, 1.82) is 5.26 Å². The highest BCUT2D eigenvalue weighted by Crippen LogP contribution is 2.20. The van der Waals surface area contributed by atoms with Gasteiger partial charge in [0.1, 0.15) is 11.9 Å². The number of pyridine rings is 1. The molecule has 2 rings (SSSR count). The molecule has 0 saturated carbocycles. The smallest absolute Gasteiger partial charge is 0.146 e. The first-order chi connectivity index (χ1) is 9.74. The van der Waals surface area contributed by atoms with E-state index in [1.165, 1.54) is 12.8 Å². The molecule has 1 N–H and O–H groups in total. The number of hydrogen-bond acceptors (Lipinski definition) is 4. The Hall–Kier alpha value is -1.60. The van der Waals surface area contributed by atoms with Crippen molar-refractivity contribution in [3.05, 3.63) is 23.4 Å². The van der Waals surface area contributed by atoms with Gasteiger partial charge in [0.2, 0.25) is 0 Å². The van der Waals surface area contributed by atoms with Gasteiger partial charge in [0.25, 0.3) is 0 Å². The zero-order chi connectivity index (χ0) is 14.4. The van der Waals surface area contributed by atoms with Crippen LogP contribution in [0, 0.1) is 18.3 Å². The molecule has 1 aliphatic rings. The number of aromatic nitrogens is 1. The summed E-state index contributed by atoms with van der Waals surface area (Å²) in [5.74, 6) is 0.856. The maximum Gasteiger partial charge on any atom is 0.146 e. The first-order valence-corrected chi connectivity index (χ1v) is 7.60. The third kappa shape index (κ3) is 3.71. The first-order valence-electron chi connectivity index (χ1n) is 7.60. The van der Waals surface area contributed by atoms with Gasteiger partial charge < -0.3 is 10.2 Å². The fourth-order valence-corrected chi connectivity index (χ4v) is 2.68. The molecule has 0 aliphatic carbocycles. The van der Waals surface area contributed by atoms with Crippen LogP contribution in [0.5, 0.6) is 0 Å². The van der Waals surface area contributed by atoms with Crippen molar-refractivity contribution in [1.82, 2.24) is 10.3 Å². The molecule has 20 heavy (non-hydrogen) atoms. The van der Waals surface area contributed by atoms with Crippen LogP contribution in [-0.2, 0) is 0 Å². The highest BCUT2D eigenvalue weighted by Gasteiger charge is 2.20. The highest BCUT2D eigenvalue weighted by molar-refractivity contribution is 5.54. The van der Waals surface area contributed by atoms with Gasteiger partial charge in [-0.3, -0.25) is 0 Å². The molecule has 1 atom stereocenters. The monoisotopic (exact) mass is 272 g/mol. The van der Waals surface area contributed by atoms with E-state index in [0.717, 1.165) is 44.0 Å². The van der Waals surface area contributed by atoms with Gasteiger partial charge in [-0.1, -0.05) is 13.3 Å². The van der Waals surface area contributed by atoms with Gasteiger partial charge in [0.15, 0.2) is 0 Å². The molecule has 0 radical (unpaired) electrons. The van der Waals surface area contributed by atoms with Crippen molar-refractivity contribution < 1.29 is 0 Å². The highest BCUT2D eigenvalue weighted by atomic mass is 15.2. The van der Waals surface area contributed by atoms with E-state index in [9.17, 15) is 5.26 Å². The summed E-state index contributed by atoms with van der Waals surface area (Å²) in [4.78, 5) is 6.90. The number of nitrogens with one attached hydrogen (secondary N) is 1. The molecule has 108 valence electrons. The number of nitriles is 1. The topological polar surface area (TPSA) is 52.0 Å². The first kappa shape index (κ1) is 14.8. The van der Waals surface area contributed by atoms with Crippen LogP contribution in [0.4, 0.5) is 5.82 Å². The molecule has 1 aliphatic heterocycles. The SMILES string of the molecule is CCCCN(CC1CCCN1)c1nc(C)ccc1C#N. The van der Waals surface area contributed by atoms with Gasteiger partial charge >= 0.3 is 0 Å². The predicted molar refractivity (Wildman–Crippen MR) is 81.8 cm³/mol. The summed E-state index contributed by atoms with van der Waals surface area (Å²) in [6, 6.07) is 6.61. The zero-order valence-electron chi connectivity index (χ0n) is 12.5. The molecule has 0 aromatic carbocycles. The van der Waals surface area contributed by atoms with Crippen LogP contribution in [0.25, 0.3) is 0 Å². The van der Waals surface area contributed by atoms with Crippen molar-refractivity contribution >= 4 is 5.82 Å². The van der Waals surface area contributed by atoms with Gasteiger partial charge in [-0.25, -0.2) is 4.98 Å². The van der Waals surface area contributed by atoms with E-state index in [2.05, 4.69) is 28.2 Å². The van der Waals surface area contributed by atoms with E-state index in [1.54, 1.807) is 0 Å². The van der Waals surface area contributed by atoms with Crippen LogP contribution >= 0.6 is 0 Å². The minimum Gasteiger partial charge on any atom is -0.354 e. The fraction of sp³-hybridized carbons (Fsp3) is 0.625. The number of unbranched alkanes of at least 4 members (excludes halogenated alkanes) is 1. The Morgan fingerprint density at radius 2 is 2.35 bits per heavy atom. The molecule has 1 aromatic heterocycles. The molecule has 0 amide bonds. The van der Waals surface area contributed by atoms with Crippen molar-refractivity contribution in [2.45, 2.75) is 45.6 Å². The quantitative estimate of drug-likeness (QED) is 0.865. The fourth-order valence-electron chi connectivity index (χ4n) is 2.68. The van der Waals surface area contributed by atoms with Gasteiger partial charge in [-0.2, -0.15) is 5.26 Å². The molecule has 0 bridgehead atoms. The summed E-state index contributed by atoms with van der Waals surface area (Å²) in [5, 5.41) is 12.8. The van der Waals surface area contributed by atoms with E-state index in [1.807, 2.05) is 19.1 Å². The number of anilines is 1. The van der Waals surface area contributed by atoms with Crippen molar-refractivity contribution in [2.75, 3.05) is 24.5 Å². The van der Waals surface area contributed by atoms with Crippen molar-refractivity contribution in [3.8, 4) is 6.07 Å². The number of rotatable bonds is 6. The number of hydrogen-bond donors (Lipinski definition) is 1. The van der Waals surface area contributed by atoms with Crippen LogP contribution in [0.2, 0.25) is 0 Å². The van der Waals surface area contributed by atoms with E-state index < -0.39 is 0 Å². The van der Waals surface area contributed by atoms with Crippen LogP contribution < -0.4 is 10.2 Å². The van der Waals surface area contributed by atoms with Crippen molar-refractivity contribution in [2.24, 2.45) is 0 Å². The standard InChI is InChI=1S/C16H24N4/c1-3-4-10-20(12-15-6-5-9-18-15)16-14(11-17)8-7-13(2)19-16/h7-8,15,18H,3-6,9-10,12H2,1-2H3.